The summed E-state index contributed by atoms with van der Waals surface area (Å²) in [6, 6.07) is 2.11. The molecule has 1 saturated carbocycles. The molecule has 2 aromatic rings. The number of hydrogen-bond donors (Lipinski definition) is 1. The van der Waals surface area contributed by atoms with Crippen LogP contribution in [0.5, 0.6) is 0 Å². The van der Waals surface area contributed by atoms with Crippen molar-refractivity contribution < 1.29 is 14.1 Å². The molecule has 2 fully saturated rings. The Kier molecular flexibility index (Phi) is 6.65. The van der Waals surface area contributed by atoms with E-state index in [2.05, 4.69) is 25.3 Å². The van der Waals surface area contributed by atoms with E-state index in [9.17, 15) is 4.79 Å². The molecule has 2 aliphatic rings. The monoisotopic (exact) mass is 429 g/mol. The lowest BCUT2D eigenvalue weighted by Crippen LogP contribution is -2.47. The first kappa shape index (κ1) is 21.9. The predicted molar refractivity (Wildman–Crippen MR) is 120 cm³/mol. The molecule has 0 spiro atoms. The normalized spacial score (nSPS) is 23.1. The van der Waals surface area contributed by atoms with Crippen LogP contribution >= 0.6 is 0 Å². The number of pyridine rings is 1. The zero-order valence-corrected chi connectivity index (χ0v) is 19.0. The lowest BCUT2D eigenvalue weighted by molar-refractivity contribution is 0.0486. The summed E-state index contributed by atoms with van der Waals surface area (Å²) >= 11 is 0. The highest BCUT2D eigenvalue weighted by atomic mass is 16.6. The molecule has 1 aliphatic carbocycles. The summed E-state index contributed by atoms with van der Waals surface area (Å²) in [5.74, 6) is 1.67. The number of rotatable bonds is 5. The van der Waals surface area contributed by atoms with Crippen LogP contribution in [0.4, 0.5) is 10.6 Å². The smallest absolute Gasteiger partial charge is 0.407 e. The summed E-state index contributed by atoms with van der Waals surface area (Å²) in [4.78, 5) is 21.0. The summed E-state index contributed by atoms with van der Waals surface area (Å²) in [5, 5.41) is 8.29. The van der Waals surface area contributed by atoms with Crippen LogP contribution in [-0.2, 0) is 4.74 Å². The van der Waals surface area contributed by atoms with Crippen molar-refractivity contribution in [1.82, 2.24) is 20.4 Å². The standard InChI is InChI=1S/C23H35N5O3/c1-23(2,3)30-22(29)25-18-6-4-17(5-7-18)9-11-27-12-14-28(15-13-27)21-19-16-24-10-8-20(19)31-26-21/h8,10,16-18H,4-7,9,11-15H2,1-3H3,(H,25,29)/t17-,18-. The Hall–Kier alpha value is -2.35. The van der Waals surface area contributed by atoms with Crippen molar-refractivity contribution in [2.24, 2.45) is 5.92 Å². The van der Waals surface area contributed by atoms with E-state index in [1.165, 1.54) is 19.3 Å². The molecule has 8 nitrogen and oxygen atoms in total. The number of fused-ring (bicyclic) bond motifs is 1. The zero-order valence-electron chi connectivity index (χ0n) is 19.0. The highest BCUT2D eigenvalue weighted by Crippen LogP contribution is 2.28. The van der Waals surface area contributed by atoms with Crippen molar-refractivity contribution in [3.05, 3.63) is 18.5 Å². The van der Waals surface area contributed by atoms with Gasteiger partial charge in [-0.3, -0.25) is 9.88 Å². The molecular weight excluding hydrogens is 394 g/mol. The molecule has 8 heteroatoms. The second-order valence-corrected chi connectivity index (χ2v) is 9.86. The minimum absolute atomic E-state index is 0.251. The Bertz CT molecular complexity index is 861. The summed E-state index contributed by atoms with van der Waals surface area (Å²) in [6.07, 6.45) is 8.96. The topological polar surface area (TPSA) is 83.7 Å². The third-order valence-electron chi connectivity index (χ3n) is 6.35. The van der Waals surface area contributed by atoms with E-state index in [4.69, 9.17) is 9.26 Å². The van der Waals surface area contributed by atoms with E-state index in [0.29, 0.717) is 0 Å². The fraction of sp³-hybridized carbons (Fsp3) is 0.696. The fourth-order valence-corrected chi connectivity index (χ4v) is 4.62. The van der Waals surface area contributed by atoms with Crippen molar-refractivity contribution in [2.75, 3.05) is 37.6 Å². The van der Waals surface area contributed by atoms with Crippen LogP contribution in [-0.4, -0.2) is 65.5 Å². The van der Waals surface area contributed by atoms with E-state index < -0.39 is 5.60 Å². The van der Waals surface area contributed by atoms with Crippen LogP contribution in [0.2, 0.25) is 0 Å². The number of anilines is 1. The molecule has 170 valence electrons. The van der Waals surface area contributed by atoms with Gasteiger partial charge >= 0.3 is 6.09 Å². The summed E-state index contributed by atoms with van der Waals surface area (Å²) in [7, 11) is 0. The molecule has 1 aliphatic heterocycles. The average Bonchev–Trinajstić information content (AvgIpc) is 3.16. The summed E-state index contributed by atoms with van der Waals surface area (Å²) < 4.78 is 10.8. The van der Waals surface area contributed by atoms with Gasteiger partial charge in [-0.05, 0) is 65.3 Å². The third kappa shape index (κ3) is 5.87. The fourth-order valence-electron chi connectivity index (χ4n) is 4.62. The molecule has 4 rings (SSSR count). The Labute approximate surface area is 184 Å². The summed E-state index contributed by atoms with van der Waals surface area (Å²) in [5.41, 5.74) is 0.354. The van der Waals surface area contributed by atoms with Gasteiger partial charge in [-0.2, -0.15) is 0 Å². The van der Waals surface area contributed by atoms with Gasteiger partial charge in [0.25, 0.3) is 0 Å². The van der Waals surface area contributed by atoms with E-state index >= 15 is 0 Å². The van der Waals surface area contributed by atoms with E-state index in [-0.39, 0.29) is 12.1 Å². The SMILES string of the molecule is CC(C)(C)OC(=O)N[C@H]1CC[C@H](CCN2CCN(c3noc4ccncc34)CC2)CC1. The molecular formula is C23H35N5O3. The second-order valence-electron chi connectivity index (χ2n) is 9.86. The number of alkyl carbamates (subject to hydrolysis) is 1. The first-order chi connectivity index (χ1) is 14.9. The van der Waals surface area contributed by atoms with Crippen LogP contribution in [0, 0.1) is 5.92 Å². The number of aromatic nitrogens is 2. The number of ether oxygens (including phenoxy) is 1. The van der Waals surface area contributed by atoms with Gasteiger partial charge < -0.3 is 19.5 Å². The maximum absolute atomic E-state index is 12.0. The van der Waals surface area contributed by atoms with Crippen LogP contribution in [0.25, 0.3) is 11.0 Å². The van der Waals surface area contributed by atoms with Crippen molar-refractivity contribution in [3.8, 4) is 0 Å². The van der Waals surface area contributed by atoms with Gasteiger partial charge in [0.15, 0.2) is 11.4 Å². The molecule has 0 unspecified atom stereocenters. The number of hydrogen-bond acceptors (Lipinski definition) is 7. The number of carbonyl (C=O) groups is 1. The van der Waals surface area contributed by atoms with Gasteiger partial charge in [-0.25, -0.2) is 4.79 Å². The Morgan fingerprint density at radius 2 is 1.94 bits per heavy atom. The maximum Gasteiger partial charge on any atom is 0.407 e. The lowest BCUT2D eigenvalue weighted by atomic mass is 9.84. The second kappa shape index (κ2) is 9.42. The molecule has 1 N–H and O–H groups in total. The van der Waals surface area contributed by atoms with Crippen molar-refractivity contribution in [3.63, 3.8) is 0 Å². The molecule has 2 aromatic heterocycles. The van der Waals surface area contributed by atoms with Gasteiger partial charge in [0.1, 0.15) is 5.60 Å². The van der Waals surface area contributed by atoms with E-state index in [1.807, 2.05) is 33.0 Å². The number of piperazine rings is 1. The predicted octanol–water partition coefficient (Wildman–Crippen LogP) is 3.82. The van der Waals surface area contributed by atoms with E-state index in [0.717, 1.165) is 68.3 Å². The van der Waals surface area contributed by atoms with E-state index in [1.54, 1.807) is 6.20 Å². The van der Waals surface area contributed by atoms with Gasteiger partial charge in [-0.1, -0.05) is 5.16 Å². The molecule has 3 heterocycles. The molecule has 0 aromatic carbocycles. The highest BCUT2D eigenvalue weighted by Gasteiger charge is 2.26. The zero-order chi connectivity index (χ0) is 21.8. The van der Waals surface area contributed by atoms with Crippen LogP contribution < -0.4 is 10.2 Å². The molecule has 0 bridgehead atoms. The molecule has 0 atom stereocenters. The summed E-state index contributed by atoms with van der Waals surface area (Å²) in [6.45, 7) is 10.8. The highest BCUT2D eigenvalue weighted by molar-refractivity contribution is 5.87. The molecule has 1 amide bonds. The van der Waals surface area contributed by atoms with Gasteiger partial charge in [0.2, 0.25) is 0 Å². The Balaban J connectivity index is 1.15. The first-order valence-electron chi connectivity index (χ1n) is 11.5. The number of carbonyl (C=O) groups excluding carboxylic acids is 1. The number of nitrogens with zero attached hydrogens (tertiary/aromatic N) is 4. The van der Waals surface area contributed by atoms with Gasteiger partial charge in [0, 0.05) is 50.7 Å². The van der Waals surface area contributed by atoms with Crippen molar-refractivity contribution in [1.29, 1.82) is 0 Å². The first-order valence-corrected chi connectivity index (χ1v) is 11.5. The molecule has 0 radical (unpaired) electrons. The van der Waals surface area contributed by atoms with Crippen LogP contribution in [0.1, 0.15) is 52.9 Å². The lowest BCUT2D eigenvalue weighted by Gasteiger charge is -2.36. The molecule has 1 saturated heterocycles. The maximum atomic E-state index is 12.0. The Morgan fingerprint density at radius 3 is 2.65 bits per heavy atom. The van der Waals surface area contributed by atoms with Gasteiger partial charge in [-0.15, -0.1) is 0 Å². The van der Waals surface area contributed by atoms with Gasteiger partial charge in [0.05, 0.1) is 5.39 Å². The number of nitrogens with one attached hydrogen (secondary N) is 1. The minimum atomic E-state index is -0.441. The number of amides is 1. The van der Waals surface area contributed by atoms with Crippen molar-refractivity contribution >= 4 is 22.9 Å². The van der Waals surface area contributed by atoms with Crippen LogP contribution in [0.3, 0.4) is 0 Å². The quantitative estimate of drug-likeness (QED) is 0.773. The average molecular weight is 430 g/mol. The molecule has 31 heavy (non-hydrogen) atoms. The van der Waals surface area contributed by atoms with Crippen LogP contribution in [0.15, 0.2) is 23.0 Å². The third-order valence-corrected chi connectivity index (χ3v) is 6.35. The minimum Gasteiger partial charge on any atom is -0.444 e. The largest absolute Gasteiger partial charge is 0.444 e. The van der Waals surface area contributed by atoms with Crippen molar-refractivity contribution in [2.45, 2.75) is 64.5 Å². The Morgan fingerprint density at radius 1 is 1.19 bits per heavy atom.